The molecule has 1 saturated carbocycles. The second-order valence-corrected chi connectivity index (χ2v) is 3.69. The molecule has 5 heteroatoms. The number of carbonyl (C=O) groups is 1. The molecule has 2 rings (SSSR count). The maximum Gasteiger partial charge on any atom is 0.269 e. The summed E-state index contributed by atoms with van der Waals surface area (Å²) in [6.45, 7) is 0.739. The maximum absolute atomic E-state index is 11.4. The third-order valence-corrected chi connectivity index (χ3v) is 2.38. The van der Waals surface area contributed by atoms with Gasteiger partial charge >= 0.3 is 0 Å². The fourth-order valence-electron chi connectivity index (χ4n) is 1.35. The third kappa shape index (κ3) is 2.25. The molecule has 0 unspecified atom stereocenters. The predicted molar refractivity (Wildman–Crippen MR) is 52.7 cm³/mol. The lowest BCUT2D eigenvalue weighted by atomic mass is 10.3. The number of nitrogen functional groups attached to an aromatic ring is 1. The summed E-state index contributed by atoms with van der Waals surface area (Å²) in [7, 11) is 0. The molecule has 5 nitrogen and oxygen atoms in total. The van der Waals surface area contributed by atoms with Gasteiger partial charge in [-0.25, -0.2) is 0 Å². The van der Waals surface area contributed by atoms with Crippen molar-refractivity contribution in [2.24, 2.45) is 5.92 Å². The van der Waals surface area contributed by atoms with E-state index in [0.29, 0.717) is 11.5 Å². The first-order valence-corrected chi connectivity index (χ1v) is 4.85. The molecule has 4 N–H and O–H groups in total. The summed E-state index contributed by atoms with van der Waals surface area (Å²) in [6, 6.07) is 1.53. The Balaban J connectivity index is 1.76. The summed E-state index contributed by atoms with van der Waals surface area (Å²) >= 11 is 0. The lowest BCUT2D eigenvalue weighted by Gasteiger charge is -2.01. The summed E-state index contributed by atoms with van der Waals surface area (Å²) in [5.74, 6) is 1.05. The molecule has 14 heavy (non-hydrogen) atoms. The topological polar surface area (TPSA) is 83.8 Å². The van der Waals surface area contributed by atoms with E-state index >= 15 is 0 Å². The van der Waals surface area contributed by atoms with Gasteiger partial charge in [0, 0.05) is 12.6 Å². The van der Waals surface area contributed by atoms with Gasteiger partial charge in [0.1, 0.15) is 11.5 Å². The van der Waals surface area contributed by atoms with Gasteiger partial charge in [0.15, 0.2) is 0 Å². The van der Waals surface area contributed by atoms with Crippen molar-refractivity contribution in [3.63, 3.8) is 0 Å². The minimum absolute atomic E-state index is 0.130. The van der Waals surface area contributed by atoms with Crippen molar-refractivity contribution < 1.29 is 4.79 Å². The van der Waals surface area contributed by atoms with Gasteiger partial charge in [-0.1, -0.05) is 12.8 Å². The molecule has 0 bridgehead atoms. The van der Waals surface area contributed by atoms with Crippen molar-refractivity contribution >= 4 is 11.7 Å². The molecule has 76 valence electrons. The van der Waals surface area contributed by atoms with Crippen molar-refractivity contribution in [2.45, 2.75) is 19.3 Å². The molecule has 0 aliphatic heterocycles. The van der Waals surface area contributed by atoms with Crippen LogP contribution in [0, 0.1) is 5.92 Å². The van der Waals surface area contributed by atoms with E-state index in [2.05, 4.69) is 15.5 Å². The number of aromatic nitrogens is 2. The Bertz CT molecular complexity index is 329. The number of anilines is 1. The molecule has 0 radical (unpaired) electrons. The number of aromatic amines is 1. The largest absolute Gasteiger partial charge is 0.382 e. The van der Waals surface area contributed by atoms with Crippen LogP contribution in [0.3, 0.4) is 0 Å². The van der Waals surface area contributed by atoms with Gasteiger partial charge in [-0.3, -0.25) is 9.89 Å². The van der Waals surface area contributed by atoms with Crippen molar-refractivity contribution in [1.82, 2.24) is 15.5 Å². The summed E-state index contributed by atoms with van der Waals surface area (Å²) in [5.41, 5.74) is 5.81. The minimum atomic E-state index is -0.130. The van der Waals surface area contributed by atoms with Gasteiger partial charge in [0.05, 0.1) is 0 Å². The molecule has 0 saturated heterocycles. The van der Waals surface area contributed by atoms with E-state index in [9.17, 15) is 4.79 Å². The number of nitrogens with two attached hydrogens (primary N) is 1. The van der Waals surface area contributed by atoms with Crippen LogP contribution in [0.2, 0.25) is 0 Å². The van der Waals surface area contributed by atoms with Gasteiger partial charge in [0.25, 0.3) is 5.91 Å². The Hall–Kier alpha value is -1.52. The molecule has 1 amide bonds. The molecule has 1 aromatic rings. The standard InChI is InChI=1S/C9H14N4O/c10-8-5-7(12-13-8)9(14)11-4-3-6-1-2-6/h5-6H,1-4H2,(H,11,14)(H3,10,12,13). The fraction of sp³-hybridized carbons (Fsp3) is 0.556. The molecule has 1 heterocycles. The highest BCUT2D eigenvalue weighted by atomic mass is 16.1. The molecular weight excluding hydrogens is 180 g/mol. The molecule has 0 atom stereocenters. The first-order valence-electron chi connectivity index (χ1n) is 4.85. The minimum Gasteiger partial charge on any atom is -0.382 e. The third-order valence-electron chi connectivity index (χ3n) is 2.38. The number of hydrogen-bond acceptors (Lipinski definition) is 3. The molecule has 1 fully saturated rings. The lowest BCUT2D eigenvalue weighted by Crippen LogP contribution is -2.25. The summed E-state index contributed by atoms with van der Waals surface area (Å²) in [5, 5.41) is 9.07. The van der Waals surface area contributed by atoms with Crippen LogP contribution in [0.1, 0.15) is 29.8 Å². The van der Waals surface area contributed by atoms with E-state index in [1.807, 2.05) is 0 Å². The van der Waals surface area contributed by atoms with Gasteiger partial charge in [0.2, 0.25) is 0 Å². The quantitative estimate of drug-likeness (QED) is 0.653. The molecule has 1 aliphatic rings. The number of carbonyl (C=O) groups excluding carboxylic acids is 1. The molecule has 0 spiro atoms. The second kappa shape index (κ2) is 3.69. The van der Waals surface area contributed by atoms with Gasteiger partial charge in [-0.05, 0) is 12.3 Å². The highest BCUT2D eigenvalue weighted by Gasteiger charge is 2.20. The Kier molecular flexibility index (Phi) is 2.39. The highest BCUT2D eigenvalue weighted by Crippen LogP contribution is 2.31. The van der Waals surface area contributed by atoms with Crippen LogP contribution < -0.4 is 11.1 Å². The number of amides is 1. The van der Waals surface area contributed by atoms with E-state index in [1.165, 1.54) is 18.9 Å². The van der Waals surface area contributed by atoms with E-state index in [-0.39, 0.29) is 5.91 Å². The Labute approximate surface area is 82.1 Å². The highest BCUT2D eigenvalue weighted by molar-refractivity contribution is 5.92. The zero-order valence-electron chi connectivity index (χ0n) is 7.92. The van der Waals surface area contributed by atoms with Gasteiger partial charge in [-0.2, -0.15) is 5.10 Å². The van der Waals surface area contributed by atoms with Crippen molar-refractivity contribution in [1.29, 1.82) is 0 Å². The van der Waals surface area contributed by atoms with Crippen molar-refractivity contribution in [3.8, 4) is 0 Å². The van der Waals surface area contributed by atoms with Crippen LogP contribution in [-0.2, 0) is 0 Å². The first kappa shape index (κ1) is 9.05. The van der Waals surface area contributed by atoms with Crippen molar-refractivity contribution in [3.05, 3.63) is 11.8 Å². The van der Waals surface area contributed by atoms with Crippen LogP contribution in [0.15, 0.2) is 6.07 Å². The monoisotopic (exact) mass is 194 g/mol. The number of rotatable bonds is 4. The van der Waals surface area contributed by atoms with E-state index in [4.69, 9.17) is 5.73 Å². The smallest absolute Gasteiger partial charge is 0.269 e. The summed E-state index contributed by atoms with van der Waals surface area (Å²) in [6.07, 6.45) is 3.70. The van der Waals surface area contributed by atoms with E-state index in [0.717, 1.165) is 18.9 Å². The second-order valence-electron chi connectivity index (χ2n) is 3.69. The molecular formula is C9H14N4O. The molecule has 0 aromatic carbocycles. The Morgan fingerprint density at radius 1 is 1.71 bits per heavy atom. The summed E-state index contributed by atoms with van der Waals surface area (Å²) in [4.78, 5) is 11.4. The lowest BCUT2D eigenvalue weighted by molar-refractivity contribution is 0.0947. The number of hydrogen-bond donors (Lipinski definition) is 3. The van der Waals surface area contributed by atoms with Crippen LogP contribution in [0.5, 0.6) is 0 Å². The first-order chi connectivity index (χ1) is 6.75. The molecule has 1 aliphatic carbocycles. The van der Waals surface area contributed by atoms with E-state index in [1.54, 1.807) is 0 Å². The van der Waals surface area contributed by atoms with Crippen molar-refractivity contribution in [2.75, 3.05) is 12.3 Å². The zero-order chi connectivity index (χ0) is 9.97. The van der Waals surface area contributed by atoms with Gasteiger partial charge in [-0.15, -0.1) is 0 Å². The Morgan fingerprint density at radius 3 is 3.07 bits per heavy atom. The van der Waals surface area contributed by atoms with Gasteiger partial charge < -0.3 is 11.1 Å². The fourth-order valence-corrected chi connectivity index (χ4v) is 1.35. The number of H-pyrrole nitrogens is 1. The number of nitrogens with one attached hydrogen (secondary N) is 2. The average molecular weight is 194 g/mol. The number of nitrogens with zero attached hydrogens (tertiary/aromatic N) is 1. The molecule has 1 aromatic heterocycles. The average Bonchev–Trinajstić information content (AvgIpc) is 2.87. The van der Waals surface area contributed by atoms with Crippen LogP contribution in [-0.4, -0.2) is 22.6 Å². The summed E-state index contributed by atoms with van der Waals surface area (Å²) < 4.78 is 0. The Morgan fingerprint density at radius 2 is 2.50 bits per heavy atom. The zero-order valence-corrected chi connectivity index (χ0v) is 7.92. The van der Waals surface area contributed by atoms with E-state index < -0.39 is 0 Å². The van der Waals surface area contributed by atoms with Crippen LogP contribution in [0.4, 0.5) is 5.82 Å². The van der Waals surface area contributed by atoms with Crippen LogP contribution >= 0.6 is 0 Å². The maximum atomic E-state index is 11.4. The SMILES string of the molecule is Nc1cc(C(=O)NCCC2CC2)[nH]n1. The normalized spacial score (nSPS) is 15.4. The van der Waals surface area contributed by atoms with Crippen LogP contribution in [0.25, 0.3) is 0 Å². The predicted octanol–water partition coefficient (Wildman–Crippen LogP) is 0.522.